The number of carbonyl (C=O) groups excluding carboxylic acids is 1. The van der Waals surface area contributed by atoms with E-state index in [1.165, 1.54) is 6.42 Å². The smallest absolute Gasteiger partial charge is 0.248 e. The Balaban J connectivity index is 1.94. The molecular formula is C14H21N3O. The summed E-state index contributed by atoms with van der Waals surface area (Å²) < 4.78 is 0. The number of likely N-dealkylation sites (tertiary alicyclic amines) is 1. The lowest BCUT2D eigenvalue weighted by Crippen LogP contribution is -2.24. The first-order valence-electron chi connectivity index (χ1n) is 6.44. The maximum Gasteiger partial charge on any atom is 0.248 e. The first-order valence-corrected chi connectivity index (χ1v) is 6.44. The average molecular weight is 247 g/mol. The summed E-state index contributed by atoms with van der Waals surface area (Å²) in [6.45, 7) is 4.24. The van der Waals surface area contributed by atoms with Crippen molar-refractivity contribution in [1.29, 1.82) is 0 Å². The van der Waals surface area contributed by atoms with Crippen molar-refractivity contribution >= 4 is 5.91 Å². The molecule has 0 radical (unpaired) electrons. The van der Waals surface area contributed by atoms with Crippen LogP contribution in [-0.4, -0.2) is 37.5 Å². The number of nitrogens with one attached hydrogen (secondary N) is 1. The van der Waals surface area contributed by atoms with Crippen molar-refractivity contribution < 1.29 is 4.79 Å². The van der Waals surface area contributed by atoms with Gasteiger partial charge in [-0.1, -0.05) is 12.1 Å². The molecule has 3 N–H and O–H groups in total. The van der Waals surface area contributed by atoms with Crippen LogP contribution < -0.4 is 11.1 Å². The third-order valence-corrected chi connectivity index (χ3v) is 3.48. The molecule has 1 atom stereocenters. The van der Waals surface area contributed by atoms with Gasteiger partial charge in [0.1, 0.15) is 0 Å². The molecule has 1 aliphatic rings. The lowest BCUT2D eigenvalue weighted by Gasteiger charge is -2.16. The van der Waals surface area contributed by atoms with Gasteiger partial charge in [0.05, 0.1) is 0 Å². The molecule has 4 nitrogen and oxygen atoms in total. The van der Waals surface area contributed by atoms with E-state index in [0.29, 0.717) is 5.56 Å². The van der Waals surface area contributed by atoms with Crippen molar-refractivity contribution in [1.82, 2.24) is 10.2 Å². The molecule has 4 heteroatoms. The number of primary amides is 1. The molecule has 2 rings (SSSR count). The average Bonchev–Trinajstić information content (AvgIpc) is 2.77. The molecule has 0 aromatic heterocycles. The summed E-state index contributed by atoms with van der Waals surface area (Å²) in [7, 11) is 2.00. The Morgan fingerprint density at radius 3 is 3.11 bits per heavy atom. The van der Waals surface area contributed by atoms with Crippen LogP contribution in [0.25, 0.3) is 0 Å². The van der Waals surface area contributed by atoms with E-state index in [9.17, 15) is 4.79 Å². The Morgan fingerprint density at radius 1 is 1.56 bits per heavy atom. The fourth-order valence-corrected chi connectivity index (χ4v) is 2.59. The van der Waals surface area contributed by atoms with Gasteiger partial charge in [-0.3, -0.25) is 9.69 Å². The normalized spacial score (nSPS) is 20.2. The monoisotopic (exact) mass is 247 g/mol. The molecule has 1 amide bonds. The molecule has 0 saturated carbocycles. The third kappa shape index (κ3) is 3.31. The molecule has 1 saturated heterocycles. The lowest BCUT2D eigenvalue weighted by atomic mass is 10.1. The highest BCUT2D eigenvalue weighted by molar-refractivity contribution is 5.92. The summed E-state index contributed by atoms with van der Waals surface area (Å²) in [6, 6.07) is 7.61. The summed E-state index contributed by atoms with van der Waals surface area (Å²) in [5.41, 5.74) is 7.05. The largest absolute Gasteiger partial charge is 0.366 e. The van der Waals surface area contributed by atoms with Crippen molar-refractivity contribution in [2.45, 2.75) is 13.0 Å². The zero-order valence-electron chi connectivity index (χ0n) is 10.9. The first-order chi connectivity index (χ1) is 8.69. The van der Waals surface area contributed by atoms with Crippen LogP contribution in [0.3, 0.4) is 0 Å². The second kappa shape index (κ2) is 5.98. The topological polar surface area (TPSA) is 58.4 Å². The Labute approximate surface area is 108 Å². The summed E-state index contributed by atoms with van der Waals surface area (Å²) in [6.07, 6.45) is 1.25. The molecular weight excluding hydrogens is 226 g/mol. The van der Waals surface area contributed by atoms with Gasteiger partial charge in [0, 0.05) is 18.7 Å². The van der Waals surface area contributed by atoms with E-state index < -0.39 is 0 Å². The van der Waals surface area contributed by atoms with Crippen LogP contribution in [0.4, 0.5) is 0 Å². The SMILES string of the molecule is CNCC1CCN(Cc2cccc(C(N)=O)c2)C1. The van der Waals surface area contributed by atoms with E-state index in [0.717, 1.165) is 37.7 Å². The minimum absolute atomic E-state index is 0.355. The predicted octanol–water partition coefficient (Wildman–Crippen LogP) is 0.827. The van der Waals surface area contributed by atoms with Crippen molar-refractivity contribution in [2.75, 3.05) is 26.7 Å². The Kier molecular flexibility index (Phi) is 4.33. The molecule has 18 heavy (non-hydrogen) atoms. The second-order valence-corrected chi connectivity index (χ2v) is 5.01. The van der Waals surface area contributed by atoms with Crippen molar-refractivity contribution in [3.63, 3.8) is 0 Å². The molecule has 1 heterocycles. The van der Waals surface area contributed by atoms with Crippen LogP contribution in [0.5, 0.6) is 0 Å². The summed E-state index contributed by atoms with van der Waals surface area (Å²) in [5, 5.41) is 3.23. The quantitative estimate of drug-likeness (QED) is 0.810. The summed E-state index contributed by atoms with van der Waals surface area (Å²) in [4.78, 5) is 13.6. The van der Waals surface area contributed by atoms with Gasteiger partial charge in [0.2, 0.25) is 5.91 Å². The van der Waals surface area contributed by atoms with E-state index in [2.05, 4.69) is 16.3 Å². The van der Waals surface area contributed by atoms with Gasteiger partial charge in [-0.25, -0.2) is 0 Å². The maximum atomic E-state index is 11.1. The highest BCUT2D eigenvalue weighted by Gasteiger charge is 2.21. The molecule has 0 spiro atoms. The van der Waals surface area contributed by atoms with Crippen LogP contribution in [-0.2, 0) is 6.54 Å². The summed E-state index contributed by atoms with van der Waals surface area (Å²) in [5.74, 6) is 0.389. The van der Waals surface area contributed by atoms with Crippen LogP contribution in [0, 0.1) is 5.92 Å². The third-order valence-electron chi connectivity index (χ3n) is 3.48. The van der Waals surface area contributed by atoms with Crippen LogP contribution in [0.15, 0.2) is 24.3 Å². The highest BCUT2D eigenvalue weighted by atomic mass is 16.1. The zero-order chi connectivity index (χ0) is 13.0. The minimum Gasteiger partial charge on any atom is -0.366 e. The highest BCUT2D eigenvalue weighted by Crippen LogP contribution is 2.18. The molecule has 1 aromatic carbocycles. The van der Waals surface area contributed by atoms with Crippen molar-refractivity contribution in [2.24, 2.45) is 11.7 Å². The number of nitrogens with two attached hydrogens (primary N) is 1. The first kappa shape index (κ1) is 13.1. The van der Waals surface area contributed by atoms with Gasteiger partial charge >= 0.3 is 0 Å². The lowest BCUT2D eigenvalue weighted by molar-refractivity contribution is 0.1000. The number of nitrogens with zero attached hydrogens (tertiary/aromatic N) is 1. The number of carbonyl (C=O) groups is 1. The molecule has 1 aliphatic heterocycles. The van der Waals surface area contributed by atoms with Gasteiger partial charge in [-0.2, -0.15) is 0 Å². The van der Waals surface area contributed by atoms with E-state index in [1.807, 2.05) is 19.2 Å². The summed E-state index contributed by atoms with van der Waals surface area (Å²) >= 11 is 0. The van der Waals surface area contributed by atoms with Gasteiger partial charge < -0.3 is 11.1 Å². The zero-order valence-corrected chi connectivity index (χ0v) is 10.9. The molecule has 1 unspecified atom stereocenters. The van der Waals surface area contributed by atoms with Gasteiger partial charge in [-0.15, -0.1) is 0 Å². The van der Waals surface area contributed by atoms with Crippen LogP contribution in [0.1, 0.15) is 22.3 Å². The fourth-order valence-electron chi connectivity index (χ4n) is 2.59. The number of hydrogen-bond donors (Lipinski definition) is 2. The molecule has 0 bridgehead atoms. The molecule has 0 aliphatic carbocycles. The standard InChI is InChI=1S/C14H21N3O/c1-16-8-12-5-6-17(10-12)9-11-3-2-4-13(7-11)14(15)18/h2-4,7,12,16H,5-6,8-10H2,1H3,(H2,15,18). The van der Waals surface area contributed by atoms with Crippen molar-refractivity contribution in [3.8, 4) is 0 Å². The van der Waals surface area contributed by atoms with Gasteiger partial charge in [0.15, 0.2) is 0 Å². The number of amides is 1. The van der Waals surface area contributed by atoms with E-state index in [4.69, 9.17) is 5.73 Å². The number of rotatable bonds is 5. The van der Waals surface area contributed by atoms with E-state index in [-0.39, 0.29) is 5.91 Å². The van der Waals surface area contributed by atoms with Crippen LogP contribution in [0.2, 0.25) is 0 Å². The van der Waals surface area contributed by atoms with Crippen molar-refractivity contribution in [3.05, 3.63) is 35.4 Å². The second-order valence-electron chi connectivity index (χ2n) is 5.01. The maximum absolute atomic E-state index is 11.1. The number of hydrogen-bond acceptors (Lipinski definition) is 3. The van der Waals surface area contributed by atoms with E-state index >= 15 is 0 Å². The Bertz CT molecular complexity index is 419. The van der Waals surface area contributed by atoms with Crippen LogP contribution >= 0.6 is 0 Å². The Morgan fingerprint density at radius 2 is 2.39 bits per heavy atom. The fraction of sp³-hybridized carbons (Fsp3) is 0.500. The Hall–Kier alpha value is -1.39. The minimum atomic E-state index is -0.355. The van der Waals surface area contributed by atoms with Gasteiger partial charge in [0.25, 0.3) is 0 Å². The molecule has 1 aromatic rings. The molecule has 1 fully saturated rings. The van der Waals surface area contributed by atoms with E-state index in [1.54, 1.807) is 6.07 Å². The predicted molar refractivity (Wildman–Crippen MR) is 72.3 cm³/mol. The number of benzene rings is 1. The van der Waals surface area contributed by atoms with Gasteiger partial charge in [-0.05, 0) is 50.2 Å². The molecule has 98 valence electrons.